The minimum absolute atomic E-state index is 0. The molecular formula is C31H46N2Ni. The fourth-order valence-corrected chi connectivity index (χ4v) is 4.11. The molecule has 0 saturated carbocycles. The molecule has 0 aliphatic heterocycles. The summed E-state index contributed by atoms with van der Waals surface area (Å²) in [6.45, 7) is 13.3. The number of hydrogen-bond donors (Lipinski definition) is 0. The minimum atomic E-state index is 0. The van der Waals surface area contributed by atoms with Gasteiger partial charge in [-0.25, -0.2) is 0 Å². The molecule has 2 aromatic rings. The first kappa shape index (κ1) is 30.3. The van der Waals surface area contributed by atoms with Crippen molar-refractivity contribution in [3.63, 3.8) is 0 Å². The molecule has 2 rings (SSSR count). The second-order valence-electron chi connectivity index (χ2n) is 9.37. The Kier molecular flexibility index (Phi) is 15.0. The van der Waals surface area contributed by atoms with E-state index >= 15 is 0 Å². The number of aryl methyl sites for hydroxylation is 4. The summed E-state index contributed by atoms with van der Waals surface area (Å²) in [5, 5.41) is 0. The van der Waals surface area contributed by atoms with Crippen LogP contribution in [0.15, 0.2) is 46.4 Å². The first-order valence-electron chi connectivity index (χ1n) is 13.4. The van der Waals surface area contributed by atoms with E-state index in [0.717, 1.165) is 37.1 Å². The second-order valence-corrected chi connectivity index (χ2v) is 9.37. The Morgan fingerprint density at radius 1 is 0.588 bits per heavy atom. The third kappa shape index (κ3) is 10.3. The summed E-state index contributed by atoms with van der Waals surface area (Å²) in [5.74, 6) is 0. The van der Waals surface area contributed by atoms with Gasteiger partial charge < -0.3 is 0 Å². The Labute approximate surface area is 219 Å². The summed E-state index contributed by atoms with van der Waals surface area (Å²) < 4.78 is 0. The third-order valence-electron chi connectivity index (χ3n) is 6.49. The molecule has 0 atom stereocenters. The molecule has 0 aliphatic carbocycles. The van der Waals surface area contributed by atoms with Gasteiger partial charge in [-0.15, -0.1) is 0 Å². The number of nitrogens with zero attached hydrogens (tertiary/aromatic N) is 2. The van der Waals surface area contributed by atoms with Crippen LogP contribution in [0.1, 0.15) is 108 Å². The molecule has 0 radical (unpaired) electrons. The van der Waals surface area contributed by atoms with E-state index < -0.39 is 0 Å². The first-order valence-corrected chi connectivity index (χ1v) is 13.4. The summed E-state index contributed by atoms with van der Waals surface area (Å²) >= 11 is 0. The van der Waals surface area contributed by atoms with Crippen LogP contribution in [-0.4, -0.2) is 11.4 Å². The summed E-state index contributed by atoms with van der Waals surface area (Å²) in [6.07, 6.45) is 12.7. The van der Waals surface area contributed by atoms with E-state index in [0.29, 0.717) is 0 Å². The normalized spacial score (nSPS) is 12.1. The van der Waals surface area contributed by atoms with Gasteiger partial charge in [0.1, 0.15) is 0 Å². The molecule has 0 aromatic heterocycles. The number of unbranched alkanes of at least 4 members (excludes halogenated alkanes) is 5. The Bertz CT molecular complexity index is 905. The van der Waals surface area contributed by atoms with E-state index in [1.165, 1.54) is 78.6 Å². The number of rotatable bonds is 14. The van der Waals surface area contributed by atoms with Gasteiger partial charge in [0.05, 0.1) is 22.8 Å². The molecule has 190 valence electrons. The van der Waals surface area contributed by atoms with Crippen molar-refractivity contribution in [2.24, 2.45) is 9.98 Å². The van der Waals surface area contributed by atoms with E-state index in [1.54, 1.807) is 0 Å². The van der Waals surface area contributed by atoms with Crippen molar-refractivity contribution in [2.45, 2.75) is 112 Å². The fourth-order valence-electron chi connectivity index (χ4n) is 4.11. The van der Waals surface area contributed by atoms with Crippen molar-refractivity contribution in [1.82, 2.24) is 0 Å². The van der Waals surface area contributed by atoms with Crippen LogP contribution >= 0.6 is 0 Å². The fraction of sp³-hybridized carbons (Fsp3) is 0.548. The van der Waals surface area contributed by atoms with Crippen molar-refractivity contribution in [2.75, 3.05) is 0 Å². The van der Waals surface area contributed by atoms with Gasteiger partial charge in [0.25, 0.3) is 0 Å². The van der Waals surface area contributed by atoms with Crippen LogP contribution in [0.25, 0.3) is 0 Å². The Balaban J connectivity index is 0.00000578. The van der Waals surface area contributed by atoms with Gasteiger partial charge >= 0.3 is 0 Å². The van der Waals surface area contributed by atoms with Gasteiger partial charge in [0.15, 0.2) is 0 Å². The van der Waals surface area contributed by atoms with E-state index in [-0.39, 0.29) is 16.5 Å². The number of hydrogen-bond acceptors (Lipinski definition) is 2. The third-order valence-corrected chi connectivity index (χ3v) is 6.49. The summed E-state index contributed by atoms with van der Waals surface area (Å²) in [4.78, 5) is 10.5. The van der Waals surface area contributed by atoms with Gasteiger partial charge in [-0.2, -0.15) is 0 Å². The van der Waals surface area contributed by atoms with Gasteiger partial charge in [-0.3, -0.25) is 9.98 Å². The molecule has 2 aromatic carbocycles. The molecule has 0 aliphatic rings. The van der Waals surface area contributed by atoms with Gasteiger partial charge in [-0.1, -0.05) is 71.9 Å². The molecule has 0 unspecified atom stereocenters. The first-order chi connectivity index (χ1) is 16.0. The van der Waals surface area contributed by atoms with Crippen LogP contribution in [0.4, 0.5) is 11.4 Å². The Hall–Kier alpha value is -1.73. The van der Waals surface area contributed by atoms with Crippen molar-refractivity contribution < 1.29 is 16.5 Å². The quantitative estimate of drug-likeness (QED) is 0.139. The van der Waals surface area contributed by atoms with Gasteiger partial charge in [0.2, 0.25) is 0 Å². The van der Waals surface area contributed by atoms with Crippen LogP contribution in [-0.2, 0) is 29.3 Å². The van der Waals surface area contributed by atoms with Crippen molar-refractivity contribution in [3.8, 4) is 0 Å². The molecule has 0 fully saturated rings. The predicted octanol–water partition coefficient (Wildman–Crippen LogP) is 9.82. The average molecular weight is 505 g/mol. The number of aliphatic imine (C=N–C) groups is 2. The monoisotopic (exact) mass is 504 g/mol. The summed E-state index contributed by atoms with van der Waals surface area (Å²) in [6, 6.07) is 13.4. The molecule has 0 N–H and O–H groups in total. The van der Waals surface area contributed by atoms with Crippen molar-refractivity contribution in [1.29, 1.82) is 0 Å². The van der Waals surface area contributed by atoms with E-state index in [9.17, 15) is 0 Å². The van der Waals surface area contributed by atoms with Crippen molar-refractivity contribution >= 4 is 22.8 Å². The maximum atomic E-state index is 5.27. The zero-order chi connectivity index (χ0) is 24.1. The smallest absolute Gasteiger partial charge is 0.0639 e. The zero-order valence-electron chi connectivity index (χ0n) is 22.5. The summed E-state index contributed by atoms with van der Waals surface area (Å²) in [7, 11) is 0. The van der Waals surface area contributed by atoms with E-state index in [2.05, 4.69) is 77.9 Å². The average Bonchev–Trinajstić information content (AvgIpc) is 2.82. The van der Waals surface area contributed by atoms with Crippen LogP contribution in [0.5, 0.6) is 0 Å². The van der Waals surface area contributed by atoms with Gasteiger partial charge in [-0.05, 0) is 98.9 Å². The van der Waals surface area contributed by atoms with Crippen LogP contribution < -0.4 is 0 Å². The largest absolute Gasteiger partial charge is 0.252 e. The molecular weight excluding hydrogens is 459 g/mol. The topological polar surface area (TPSA) is 24.7 Å². The number of benzene rings is 2. The second kappa shape index (κ2) is 16.8. The molecule has 34 heavy (non-hydrogen) atoms. The zero-order valence-corrected chi connectivity index (χ0v) is 23.4. The molecule has 0 saturated heterocycles. The van der Waals surface area contributed by atoms with Crippen LogP contribution in [0.2, 0.25) is 0 Å². The molecule has 0 heterocycles. The SMILES string of the molecule is CCCCCCC(=Nc1ccc(C)c(C)c1)C(CCCCC)=Nc1cc(CC)cc(CC)c1.[Ni]. The summed E-state index contributed by atoms with van der Waals surface area (Å²) in [5.41, 5.74) is 9.89. The molecule has 0 bridgehead atoms. The van der Waals surface area contributed by atoms with Crippen molar-refractivity contribution in [3.05, 3.63) is 58.7 Å². The Morgan fingerprint density at radius 2 is 1.12 bits per heavy atom. The maximum absolute atomic E-state index is 5.27. The van der Waals surface area contributed by atoms with Crippen LogP contribution in [0.3, 0.4) is 0 Å². The molecule has 3 heteroatoms. The maximum Gasteiger partial charge on any atom is 0.0639 e. The van der Waals surface area contributed by atoms with E-state index in [4.69, 9.17) is 9.98 Å². The molecule has 2 nitrogen and oxygen atoms in total. The van der Waals surface area contributed by atoms with E-state index in [1.807, 2.05) is 0 Å². The Morgan fingerprint density at radius 3 is 1.65 bits per heavy atom. The molecule has 0 spiro atoms. The minimum Gasteiger partial charge on any atom is -0.252 e. The molecule has 0 amide bonds. The van der Waals surface area contributed by atoms with Gasteiger partial charge in [0, 0.05) is 16.5 Å². The van der Waals surface area contributed by atoms with Crippen LogP contribution in [0, 0.1) is 13.8 Å². The predicted molar refractivity (Wildman–Crippen MR) is 148 cm³/mol. The standard InChI is InChI=1S/C31H46N2.Ni/c1-7-11-13-15-17-30(32-28-19-18-24(5)25(6)20-28)31(16-14-12-8-2)33-29-22-26(9-3)21-27(10-4)23-29;/h18-23H,7-17H2,1-6H3;.